The smallest absolute Gasteiger partial charge is 0.188 e. The van der Waals surface area contributed by atoms with Gasteiger partial charge in [-0.05, 0) is 38.5 Å². The lowest BCUT2D eigenvalue weighted by Gasteiger charge is -2.44. The molecule has 0 atom stereocenters. The van der Waals surface area contributed by atoms with Gasteiger partial charge in [0.15, 0.2) is 5.96 Å². The number of halogens is 1. The van der Waals surface area contributed by atoms with Gasteiger partial charge in [0, 0.05) is 31.8 Å². The molecule has 0 bridgehead atoms. The fourth-order valence-electron chi connectivity index (χ4n) is 4.91. The van der Waals surface area contributed by atoms with E-state index < -0.39 is 0 Å². The minimum absolute atomic E-state index is 0. The Hall–Kier alpha value is -0.0800. The van der Waals surface area contributed by atoms with Crippen molar-refractivity contribution in [3.8, 4) is 0 Å². The Kier molecular flexibility index (Phi) is 8.75. The first-order valence-electron chi connectivity index (χ1n) is 10.1. The third-order valence-corrected chi connectivity index (χ3v) is 6.48. The van der Waals surface area contributed by atoms with Crippen molar-refractivity contribution in [2.24, 2.45) is 10.7 Å². The van der Waals surface area contributed by atoms with E-state index in [1.54, 1.807) is 0 Å². The third kappa shape index (κ3) is 5.70. The van der Waals surface area contributed by atoms with E-state index in [4.69, 9.17) is 15.5 Å². The van der Waals surface area contributed by atoms with Crippen molar-refractivity contribution >= 4 is 29.9 Å². The Morgan fingerprint density at radius 1 is 1.08 bits per heavy atom. The zero-order valence-electron chi connectivity index (χ0n) is 15.8. The summed E-state index contributed by atoms with van der Waals surface area (Å²) in [6, 6.07) is 0.541. The maximum atomic E-state index is 6.22. The van der Waals surface area contributed by atoms with Crippen LogP contribution in [0.2, 0.25) is 0 Å². The SMILES string of the molecule is COC1CCN(C2(CN=C(N)NC3CCCCC3)CCCC2)CC1.I. The molecule has 0 aromatic rings. The molecule has 0 unspecified atom stereocenters. The molecule has 3 N–H and O–H groups in total. The molecule has 0 spiro atoms. The summed E-state index contributed by atoms with van der Waals surface area (Å²) < 4.78 is 5.53. The van der Waals surface area contributed by atoms with Crippen LogP contribution >= 0.6 is 24.0 Å². The van der Waals surface area contributed by atoms with Crippen LogP contribution in [0, 0.1) is 0 Å². The maximum absolute atomic E-state index is 6.22. The number of hydrogen-bond acceptors (Lipinski definition) is 3. The number of methoxy groups -OCH3 is 1. The molecule has 3 aliphatic rings. The summed E-state index contributed by atoms with van der Waals surface area (Å²) in [5.41, 5.74) is 6.46. The van der Waals surface area contributed by atoms with E-state index in [9.17, 15) is 0 Å². The van der Waals surface area contributed by atoms with Gasteiger partial charge >= 0.3 is 0 Å². The highest BCUT2D eigenvalue weighted by Crippen LogP contribution is 2.37. The Labute approximate surface area is 170 Å². The molecule has 2 aliphatic carbocycles. The number of piperidine rings is 1. The summed E-state index contributed by atoms with van der Waals surface area (Å²) >= 11 is 0. The fourth-order valence-corrected chi connectivity index (χ4v) is 4.91. The van der Waals surface area contributed by atoms with Gasteiger partial charge in [-0.15, -0.1) is 24.0 Å². The molecule has 0 radical (unpaired) electrons. The molecule has 1 aliphatic heterocycles. The monoisotopic (exact) mass is 464 g/mol. The summed E-state index contributed by atoms with van der Waals surface area (Å²) in [4.78, 5) is 7.48. The van der Waals surface area contributed by atoms with Crippen LogP contribution in [-0.4, -0.2) is 55.3 Å². The Balaban J connectivity index is 0.00000225. The van der Waals surface area contributed by atoms with Crippen molar-refractivity contribution in [3.05, 3.63) is 0 Å². The van der Waals surface area contributed by atoms with Gasteiger partial charge in [0.2, 0.25) is 0 Å². The summed E-state index contributed by atoms with van der Waals surface area (Å²) in [5.74, 6) is 0.667. The summed E-state index contributed by atoms with van der Waals surface area (Å²) in [5, 5.41) is 3.47. The molecule has 6 heteroatoms. The molecular formula is C19H37IN4O. The number of guanidine groups is 1. The summed E-state index contributed by atoms with van der Waals surface area (Å²) in [6.07, 6.45) is 14.4. The first kappa shape index (κ1) is 21.2. The summed E-state index contributed by atoms with van der Waals surface area (Å²) in [7, 11) is 1.84. The third-order valence-electron chi connectivity index (χ3n) is 6.48. The van der Waals surface area contributed by atoms with E-state index in [-0.39, 0.29) is 29.5 Å². The minimum atomic E-state index is 0. The topological polar surface area (TPSA) is 62.9 Å². The van der Waals surface area contributed by atoms with E-state index in [2.05, 4.69) is 10.2 Å². The van der Waals surface area contributed by atoms with E-state index in [0.29, 0.717) is 18.1 Å². The minimum Gasteiger partial charge on any atom is -0.381 e. The van der Waals surface area contributed by atoms with Gasteiger partial charge in [-0.1, -0.05) is 32.1 Å². The molecule has 1 saturated heterocycles. The Morgan fingerprint density at radius 3 is 2.32 bits per heavy atom. The number of hydrogen-bond donors (Lipinski definition) is 2. The van der Waals surface area contributed by atoms with Crippen LogP contribution in [0.4, 0.5) is 0 Å². The van der Waals surface area contributed by atoms with Gasteiger partial charge in [-0.25, -0.2) is 0 Å². The van der Waals surface area contributed by atoms with Crippen LogP contribution in [0.1, 0.15) is 70.6 Å². The van der Waals surface area contributed by atoms with E-state index >= 15 is 0 Å². The van der Waals surface area contributed by atoms with Crippen LogP contribution in [0.15, 0.2) is 4.99 Å². The normalized spacial score (nSPS) is 26.4. The number of likely N-dealkylation sites (tertiary alicyclic amines) is 1. The van der Waals surface area contributed by atoms with Gasteiger partial charge in [0.25, 0.3) is 0 Å². The zero-order valence-corrected chi connectivity index (χ0v) is 18.2. The molecule has 0 aromatic carbocycles. The lowest BCUT2D eigenvalue weighted by molar-refractivity contribution is -0.0000580. The highest BCUT2D eigenvalue weighted by atomic mass is 127. The van der Waals surface area contributed by atoms with E-state index in [1.165, 1.54) is 57.8 Å². The standard InChI is InChI=1S/C19H36N4O.HI/c1-24-17-9-13-23(14-10-17)19(11-5-6-12-19)15-21-18(20)22-16-7-3-2-4-8-16;/h16-17H,2-15H2,1H3,(H3,20,21,22);1H. The largest absolute Gasteiger partial charge is 0.381 e. The average molecular weight is 464 g/mol. The Bertz CT molecular complexity index is 412. The number of ether oxygens (including phenoxy) is 1. The first-order valence-corrected chi connectivity index (χ1v) is 10.1. The van der Waals surface area contributed by atoms with E-state index in [0.717, 1.165) is 32.5 Å². The second-order valence-electron chi connectivity index (χ2n) is 8.03. The van der Waals surface area contributed by atoms with Crippen molar-refractivity contribution in [1.29, 1.82) is 0 Å². The van der Waals surface area contributed by atoms with Crippen molar-refractivity contribution in [3.63, 3.8) is 0 Å². The molecule has 3 fully saturated rings. The van der Waals surface area contributed by atoms with Gasteiger partial charge in [-0.3, -0.25) is 9.89 Å². The second-order valence-corrected chi connectivity index (χ2v) is 8.03. The predicted molar refractivity (Wildman–Crippen MR) is 115 cm³/mol. The molecule has 0 amide bonds. The van der Waals surface area contributed by atoms with Crippen molar-refractivity contribution < 1.29 is 4.74 Å². The number of nitrogens with zero attached hydrogens (tertiary/aromatic N) is 2. The van der Waals surface area contributed by atoms with Gasteiger partial charge < -0.3 is 15.8 Å². The quantitative estimate of drug-likeness (QED) is 0.373. The average Bonchev–Trinajstić information content (AvgIpc) is 3.11. The molecule has 3 rings (SSSR count). The van der Waals surface area contributed by atoms with Gasteiger partial charge in [0.1, 0.15) is 0 Å². The van der Waals surface area contributed by atoms with Crippen molar-refractivity contribution in [2.45, 2.75) is 88.3 Å². The first-order chi connectivity index (χ1) is 11.7. The number of aliphatic imine (C=N–C) groups is 1. The molecule has 25 heavy (non-hydrogen) atoms. The predicted octanol–water partition coefficient (Wildman–Crippen LogP) is 3.27. The lowest BCUT2D eigenvalue weighted by atomic mass is 9.91. The number of rotatable bonds is 5. The molecule has 2 saturated carbocycles. The second kappa shape index (κ2) is 10.3. The van der Waals surface area contributed by atoms with E-state index in [1.807, 2.05) is 7.11 Å². The molecule has 5 nitrogen and oxygen atoms in total. The van der Waals surface area contributed by atoms with Gasteiger partial charge in [-0.2, -0.15) is 0 Å². The molecular weight excluding hydrogens is 427 g/mol. The molecule has 1 heterocycles. The van der Waals surface area contributed by atoms with Crippen LogP contribution in [0.3, 0.4) is 0 Å². The number of nitrogens with two attached hydrogens (primary N) is 1. The zero-order chi connectivity index (χ0) is 16.8. The Morgan fingerprint density at radius 2 is 1.72 bits per heavy atom. The van der Waals surface area contributed by atoms with Crippen LogP contribution in [0.5, 0.6) is 0 Å². The molecule has 0 aromatic heterocycles. The fraction of sp³-hybridized carbons (Fsp3) is 0.947. The molecule has 146 valence electrons. The lowest BCUT2D eigenvalue weighted by Crippen LogP contribution is -2.54. The summed E-state index contributed by atoms with van der Waals surface area (Å²) in [6.45, 7) is 3.14. The van der Waals surface area contributed by atoms with Gasteiger partial charge in [0.05, 0.1) is 12.6 Å². The van der Waals surface area contributed by atoms with Crippen molar-refractivity contribution in [1.82, 2.24) is 10.2 Å². The van der Waals surface area contributed by atoms with Crippen LogP contribution in [-0.2, 0) is 4.74 Å². The highest BCUT2D eigenvalue weighted by molar-refractivity contribution is 14.0. The highest BCUT2D eigenvalue weighted by Gasteiger charge is 2.40. The van der Waals surface area contributed by atoms with Crippen LogP contribution < -0.4 is 11.1 Å². The van der Waals surface area contributed by atoms with Crippen LogP contribution in [0.25, 0.3) is 0 Å². The number of nitrogens with one attached hydrogen (secondary N) is 1. The maximum Gasteiger partial charge on any atom is 0.188 e. The van der Waals surface area contributed by atoms with Crippen molar-refractivity contribution in [2.75, 3.05) is 26.7 Å².